The van der Waals surface area contributed by atoms with Crippen molar-refractivity contribution < 1.29 is 4.74 Å². The Labute approximate surface area is 108 Å². The predicted octanol–water partition coefficient (Wildman–Crippen LogP) is 4.13. The molecule has 0 fully saturated rings. The van der Waals surface area contributed by atoms with Gasteiger partial charge in [-0.3, -0.25) is 0 Å². The molecule has 0 aliphatic carbocycles. The average molecular weight is 243 g/mol. The first-order valence-electron chi connectivity index (χ1n) is 7.62. The molecule has 0 bridgehead atoms. The Morgan fingerprint density at radius 1 is 0.824 bits per heavy atom. The van der Waals surface area contributed by atoms with Crippen molar-refractivity contribution in [3.8, 4) is 0 Å². The first-order valence-corrected chi connectivity index (χ1v) is 7.62. The summed E-state index contributed by atoms with van der Waals surface area (Å²) in [6.07, 6.45) is 11.9. The molecule has 2 heteroatoms. The second-order valence-corrected chi connectivity index (χ2v) is 5.05. The predicted molar refractivity (Wildman–Crippen MR) is 76.3 cm³/mol. The zero-order chi connectivity index (χ0) is 12.8. The van der Waals surface area contributed by atoms with Crippen molar-refractivity contribution in [3.63, 3.8) is 0 Å². The summed E-state index contributed by atoms with van der Waals surface area (Å²) in [6, 6.07) is 0. The zero-order valence-electron chi connectivity index (χ0n) is 12.0. The molecule has 104 valence electrons. The van der Waals surface area contributed by atoms with Crippen molar-refractivity contribution in [3.05, 3.63) is 0 Å². The van der Waals surface area contributed by atoms with Gasteiger partial charge in [-0.25, -0.2) is 0 Å². The van der Waals surface area contributed by atoms with Crippen LogP contribution in [0.15, 0.2) is 0 Å². The third-order valence-corrected chi connectivity index (χ3v) is 3.31. The van der Waals surface area contributed by atoms with Crippen LogP contribution in [-0.4, -0.2) is 19.8 Å². The van der Waals surface area contributed by atoms with Gasteiger partial charge in [0.15, 0.2) is 0 Å². The number of unbranched alkanes of at least 4 members (excludes halogenated alkanes) is 2. The molecule has 1 unspecified atom stereocenters. The molecule has 1 atom stereocenters. The van der Waals surface area contributed by atoms with Crippen LogP contribution in [-0.2, 0) is 4.74 Å². The zero-order valence-corrected chi connectivity index (χ0v) is 12.0. The fourth-order valence-corrected chi connectivity index (χ4v) is 2.26. The highest BCUT2D eigenvalue weighted by atomic mass is 16.5. The largest absolute Gasteiger partial charge is 0.381 e. The van der Waals surface area contributed by atoms with Crippen LogP contribution in [0.25, 0.3) is 0 Å². The van der Waals surface area contributed by atoms with Gasteiger partial charge in [-0.1, -0.05) is 58.8 Å². The van der Waals surface area contributed by atoms with E-state index in [1.807, 2.05) is 0 Å². The molecular weight excluding hydrogens is 210 g/mol. The van der Waals surface area contributed by atoms with Gasteiger partial charge in [-0.2, -0.15) is 0 Å². The van der Waals surface area contributed by atoms with Gasteiger partial charge in [0, 0.05) is 13.2 Å². The van der Waals surface area contributed by atoms with Gasteiger partial charge in [0.05, 0.1) is 0 Å². The first-order chi connectivity index (χ1) is 8.35. The van der Waals surface area contributed by atoms with Crippen LogP contribution >= 0.6 is 0 Å². The van der Waals surface area contributed by atoms with Crippen LogP contribution in [0.5, 0.6) is 0 Å². The fraction of sp³-hybridized carbons (Fsp3) is 1.00. The molecule has 0 aromatic heterocycles. The van der Waals surface area contributed by atoms with E-state index < -0.39 is 0 Å². The minimum atomic E-state index is 0.746. The lowest BCUT2D eigenvalue weighted by Crippen LogP contribution is -2.06. The third-order valence-electron chi connectivity index (χ3n) is 3.31. The van der Waals surface area contributed by atoms with Gasteiger partial charge in [0.2, 0.25) is 0 Å². The summed E-state index contributed by atoms with van der Waals surface area (Å²) in [5, 5.41) is 0. The summed E-state index contributed by atoms with van der Waals surface area (Å²) in [5.41, 5.74) is 5.41. The second-order valence-electron chi connectivity index (χ2n) is 5.05. The Hall–Kier alpha value is -0.0800. The van der Waals surface area contributed by atoms with E-state index in [1.165, 1.54) is 51.4 Å². The number of hydrogen-bond acceptors (Lipinski definition) is 2. The summed E-state index contributed by atoms with van der Waals surface area (Å²) in [5.74, 6) is 0.962. The lowest BCUT2D eigenvalue weighted by molar-refractivity contribution is 0.127. The molecule has 0 spiro atoms. The molecule has 0 radical (unpaired) electrons. The molecule has 0 saturated heterocycles. The standard InChI is InChI=1S/C15H33NO/c1-3-5-10-15(9-4-2)11-6-7-13-17-14-8-12-16/h15H,3-14,16H2,1-2H3. The van der Waals surface area contributed by atoms with Crippen LogP contribution in [0.2, 0.25) is 0 Å². The van der Waals surface area contributed by atoms with Gasteiger partial charge < -0.3 is 10.5 Å². The topological polar surface area (TPSA) is 35.2 Å². The smallest absolute Gasteiger partial charge is 0.0478 e. The SMILES string of the molecule is CCCCC(CCC)CCCCOCCCN. The van der Waals surface area contributed by atoms with E-state index in [-0.39, 0.29) is 0 Å². The number of hydrogen-bond donors (Lipinski definition) is 1. The minimum absolute atomic E-state index is 0.746. The van der Waals surface area contributed by atoms with Crippen molar-refractivity contribution in [1.29, 1.82) is 0 Å². The van der Waals surface area contributed by atoms with Crippen LogP contribution in [0.3, 0.4) is 0 Å². The molecule has 0 heterocycles. The van der Waals surface area contributed by atoms with Gasteiger partial charge in [-0.05, 0) is 25.3 Å². The Morgan fingerprint density at radius 2 is 1.53 bits per heavy atom. The van der Waals surface area contributed by atoms with Crippen LogP contribution in [0, 0.1) is 5.92 Å². The van der Waals surface area contributed by atoms with Crippen LogP contribution in [0.1, 0.15) is 71.6 Å². The van der Waals surface area contributed by atoms with Gasteiger partial charge in [-0.15, -0.1) is 0 Å². The van der Waals surface area contributed by atoms with E-state index in [0.29, 0.717) is 0 Å². The van der Waals surface area contributed by atoms with Crippen molar-refractivity contribution >= 4 is 0 Å². The summed E-state index contributed by atoms with van der Waals surface area (Å²) in [6.45, 7) is 7.09. The number of nitrogens with two attached hydrogens (primary N) is 1. The maximum absolute atomic E-state index is 5.52. The molecule has 0 aromatic rings. The molecule has 2 N–H and O–H groups in total. The van der Waals surface area contributed by atoms with E-state index >= 15 is 0 Å². The molecule has 0 aromatic carbocycles. The average Bonchev–Trinajstić information content (AvgIpc) is 2.34. The van der Waals surface area contributed by atoms with E-state index in [1.54, 1.807) is 0 Å². The van der Waals surface area contributed by atoms with E-state index in [4.69, 9.17) is 10.5 Å². The highest BCUT2D eigenvalue weighted by Gasteiger charge is 2.06. The summed E-state index contributed by atoms with van der Waals surface area (Å²) < 4.78 is 5.52. The second kappa shape index (κ2) is 14.0. The number of ether oxygens (including phenoxy) is 1. The van der Waals surface area contributed by atoms with Gasteiger partial charge in [0.1, 0.15) is 0 Å². The highest BCUT2D eigenvalue weighted by molar-refractivity contribution is 4.59. The van der Waals surface area contributed by atoms with E-state index in [9.17, 15) is 0 Å². The molecule has 0 aliphatic rings. The van der Waals surface area contributed by atoms with Crippen molar-refractivity contribution in [2.45, 2.75) is 71.6 Å². The van der Waals surface area contributed by atoms with Gasteiger partial charge >= 0.3 is 0 Å². The summed E-state index contributed by atoms with van der Waals surface area (Å²) in [7, 11) is 0. The lowest BCUT2D eigenvalue weighted by atomic mass is 9.92. The molecule has 0 aliphatic heterocycles. The Bertz CT molecular complexity index is 139. The Morgan fingerprint density at radius 3 is 2.18 bits per heavy atom. The minimum Gasteiger partial charge on any atom is -0.381 e. The Balaban J connectivity index is 3.34. The monoisotopic (exact) mass is 243 g/mol. The van der Waals surface area contributed by atoms with Crippen molar-refractivity contribution in [1.82, 2.24) is 0 Å². The van der Waals surface area contributed by atoms with Crippen molar-refractivity contribution in [2.75, 3.05) is 19.8 Å². The van der Waals surface area contributed by atoms with Crippen LogP contribution in [0.4, 0.5) is 0 Å². The molecule has 2 nitrogen and oxygen atoms in total. The van der Waals surface area contributed by atoms with Gasteiger partial charge in [0.25, 0.3) is 0 Å². The fourth-order valence-electron chi connectivity index (χ4n) is 2.26. The normalized spacial score (nSPS) is 12.9. The summed E-state index contributed by atoms with van der Waals surface area (Å²) >= 11 is 0. The van der Waals surface area contributed by atoms with Crippen molar-refractivity contribution in [2.24, 2.45) is 11.7 Å². The molecule has 17 heavy (non-hydrogen) atoms. The lowest BCUT2D eigenvalue weighted by Gasteiger charge is -2.15. The highest BCUT2D eigenvalue weighted by Crippen LogP contribution is 2.21. The molecular formula is C15H33NO. The molecule has 0 saturated carbocycles. The first kappa shape index (κ1) is 16.9. The molecule has 0 rings (SSSR count). The van der Waals surface area contributed by atoms with E-state index in [2.05, 4.69) is 13.8 Å². The number of rotatable bonds is 13. The van der Waals surface area contributed by atoms with Crippen LogP contribution < -0.4 is 5.73 Å². The molecule has 0 amide bonds. The quantitative estimate of drug-likeness (QED) is 0.494. The summed E-state index contributed by atoms with van der Waals surface area (Å²) in [4.78, 5) is 0. The Kier molecular flexibility index (Phi) is 13.9. The maximum Gasteiger partial charge on any atom is 0.0478 e. The third kappa shape index (κ3) is 12.2. The van der Waals surface area contributed by atoms with E-state index in [0.717, 1.165) is 32.1 Å². The maximum atomic E-state index is 5.52.